The van der Waals surface area contributed by atoms with Crippen molar-refractivity contribution >= 4 is 23.5 Å². The molecule has 2 aromatic rings. The van der Waals surface area contributed by atoms with Crippen LogP contribution in [0, 0.1) is 6.92 Å². The predicted octanol–water partition coefficient (Wildman–Crippen LogP) is 3.54. The van der Waals surface area contributed by atoms with E-state index in [1.54, 1.807) is 7.11 Å². The Balaban J connectivity index is 1.11. The monoisotopic (exact) mass is 609 g/mol. The number of piperidine rings is 1. The summed E-state index contributed by atoms with van der Waals surface area (Å²) in [7, 11) is 1.69. The smallest absolute Gasteiger partial charge is 0.281 e. The first-order valence-corrected chi connectivity index (χ1v) is 15.7. The van der Waals surface area contributed by atoms with E-state index in [-0.39, 0.29) is 23.7 Å². The van der Waals surface area contributed by atoms with Gasteiger partial charge in [-0.15, -0.1) is 0 Å². The Morgan fingerprint density at radius 2 is 1.98 bits per heavy atom. The Hall–Kier alpha value is -3.35. The number of hydrogen-bond donors (Lipinski definition) is 0. The minimum absolute atomic E-state index is 0.0273. The van der Waals surface area contributed by atoms with Crippen LogP contribution in [0.3, 0.4) is 0 Å². The van der Waals surface area contributed by atoms with Crippen molar-refractivity contribution in [2.45, 2.75) is 56.3 Å². The number of alkyl halides is 2. The third-order valence-corrected chi connectivity index (χ3v) is 10.3. The van der Waals surface area contributed by atoms with Crippen molar-refractivity contribution in [1.29, 1.82) is 0 Å². The average Bonchev–Trinajstić information content (AvgIpc) is 3.37. The standard InChI is InChI=1S/C32H41F2N7O3/c1-4-28(42)39-14-12-37(13-15-39)26-18-40-24(26)7-5-6-23-25(40)16-27(36-29(23)31(33)34)38-10-8-32(9-11-38)30-21(2)17-35-41(30)22(19-43-3)20-44-32/h4-6,16-17,22,24,26,31H,1,7-15,18-20H2,2-3H3. The zero-order valence-corrected chi connectivity index (χ0v) is 25.5. The second-order valence-electron chi connectivity index (χ2n) is 12.6. The fourth-order valence-corrected chi connectivity index (χ4v) is 7.94. The lowest BCUT2D eigenvalue weighted by Gasteiger charge is -2.55. The fourth-order valence-electron chi connectivity index (χ4n) is 7.94. The Morgan fingerprint density at radius 3 is 2.68 bits per heavy atom. The highest BCUT2D eigenvalue weighted by molar-refractivity contribution is 5.87. The number of ether oxygens (including phenoxy) is 2. The van der Waals surface area contributed by atoms with E-state index in [2.05, 4.69) is 43.0 Å². The highest BCUT2D eigenvalue weighted by Crippen LogP contribution is 2.46. The van der Waals surface area contributed by atoms with Crippen molar-refractivity contribution < 1.29 is 23.0 Å². The van der Waals surface area contributed by atoms with Gasteiger partial charge in [0, 0.05) is 76.6 Å². The molecule has 12 heteroatoms. The average molecular weight is 610 g/mol. The number of pyridine rings is 1. The van der Waals surface area contributed by atoms with E-state index in [1.807, 2.05) is 29.3 Å². The van der Waals surface area contributed by atoms with Crippen LogP contribution in [0.5, 0.6) is 0 Å². The summed E-state index contributed by atoms with van der Waals surface area (Å²) in [5, 5.41) is 4.66. The van der Waals surface area contributed by atoms with Crippen LogP contribution >= 0.6 is 0 Å². The molecule has 0 saturated carbocycles. The molecular weight excluding hydrogens is 568 g/mol. The van der Waals surface area contributed by atoms with E-state index >= 15 is 0 Å². The molecule has 236 valence electrons. The number of carbonyl (C=O) groups is 1. The van der Waals surface area contributed by atoms with E-state index in [0.29, 0.717) is 56.8 Å². The minimum atomic E-state index is -2.68. The van der Waals surface area contributed by atoms with E-state index in [9.17, 15) is 13.6 Å². The summed E-state index contributed by atoms with van der Waals surface area (Å²) in [4.78, 5) is 25.3. The Morgan fingerprint density at radius 1 is 1.20 bits per heavy atom. The molecule has 0 aliphatic carbocycles. The Bertz CT molecular complexity index is 1450. The van der Waals surface area contributed by atoms with Crippen LogP contribution < -0.4 is 9.80 Å². The normalized spacial score (nSPS) is 26.2. The molecule has 3 unspecified atom stereocenters. The molecule has 3 atom stereocenters. The quantitative estimate of drug-likeness (QED) is 0.461. The molecule has 0 bridgehead atoms. The summed E-state index contributed by atoms with van der Waals surface area (Å²) < 4.78 is 43.1. The van der Waals surface area contributed by atoms with Gasteiger partial charge in [0.05, 0.1) is 36.8 Å². The van der Waals surface area contributed by atoms with Crippen LogP contribution in [0.25, 0.3) is 6.08 Å². The van der Waals surface area contributed by atoms with E-state index < -0.39 is 12.0 Å². The summed E-state index contributed by atoms with van der Waals surface area (Å²) in [6, 6.07) is 2.56. The van der Waals surface area contributed by atoms with Crippen molar-refractivity contribution in [3.8, 4) is 0 Å². The summed E-state index contributed by atoms with van der Waals surface area (Å²) in [5.41, 5.74) is 2.95. The molecule has 5 aliphatic rings. The zero-order chi connectivity index (χ0) is 30.6. The van der Waals surface area contributed by atoms with Gasteiger partial charge in [0.2, 0.25) is 5.91 Å². The maximum absolute atomic E-state index is 14.5. The number of nitrogens with zero attached hydrogens (tertiary/aromatic N) is 7. The molecule has 7 heterocycles. The van der Waals surface area contributed by atoms with Crippen LogP contribution in [-0.2, 0) is 19.9 Å². The number of fused-ring (bicyclic) bond motifs is 5. The van der Waals surface area contributed by atoms with Crippen molar-refractivity contribution in [3.63, 3.8) is 0 Å². The second kappa shape index (κ2) is 11.5. The van der Waals surface area contributed by atoms with E-state index in [4.69, 9.17) is 9.47 Å². The molecule has 0 N–H and O–H groups in total. The topological polar surface area (TPSA) is 79.2 Å². The largest absolute Gasteiger partial charge is 0.382 e. The van der Waals surface area contributed by atoms with Crippen molar-refractivity contribution in [1.82, 2.24) is 24.6 Å². The third-order valence-electron chi connectivity index (χ3n) is 10.3. The summed E-state index contributed by atoms with van der Waals surface area (Å²) in [6.45, 7) is 11.8. The second-order valence-corrected chi connectivity index (χ2v) is 12.6. The van der Waals surface area contributed by atoms with Crippen LogP contribution in [0.2, 0.25) is 0 Å². The molecule has 2 aromatic heterocycles. The SMILES string of the molecule is C=CC(=O)N1CCN(C2CN3c4cc(N5CCC6(CC5)OCC(COC)n5ncc(C)c56)nc(C(F)F)c4C=CCC23)CC1. The van der Waals surface area contributed by atoms with Gasteiger partial charge in [0.1, 0.15) is 17.1 Å². The number of hydrogen-bond acceptors (Lipinski definition) is 8. The highest BCUT2D eigenvalue weighted by atomic mass is 19.3. The first-order valence-electron chi connectivity index (χ1n) is 15.7. The molecule has 0 radical (unpaired) electrons. The van der Waals surface area contributed by atoms with E-state index in [0.717, 1.165) is 55.8 Å². The molecule has 3 saturated heterocycles. The maximum Gasteiger partial charge on any atom is 0.281 e. The number of aromatic nitrogens is 3. The molecular formula is C32H41F2N7O3. The third kappa shape index (κ3) is 4.82. The van der Waals surface area contributed by atoms with Crippen LogP contribution in [0.1, 0.15) is 54.2 Å². The number of aryl methyl sites for hydroxylation is 1. The van der Waals surface area contributed by atoms with Gasteiger partial charge in [-0.1, -0.05) is 18.7 Å². The first kappa shape index (κ1) is 29.4. The molecule has 7 rings (SSSR count). The lowest BCUT2D eigenvalue weighted by atomic mass is 9.84. The lowest BCUT2D eigenvalue weighted by molar-refractivity contribution is -0.128. The van der Waals surface area contributed by atoms with Gasteiger partial charge < -0.3 is 24.2 Å². The van der Waals surface area contributed by atoms with Gasteiger partial charge in [-0.3, -0.25) is 14.4 Å². The van der Waals surface area contributed by atoms with Gasteiger partial charge in [0.15, 0.2) is 0 Å². The van der Waals surface area contributed by atoms with Gasteiger partial charge in [0.25, 0.3) is 6.43 Å². The number of rotatable bonds is 6. The van der Waals surface area contributed by atoms with Gasteiger partial charge >= 0.3 is 0 Å². The number of halogens is 2. The number of anilines is 2. The minimum Gasteiger partial charge on any atom is -0.382 e. The van der Waals surface area contributed by atoms with Crippen molar-refractivity contribution in [2.75, 3.05) is 75.9 Å². The molecule has 1 amide bonds. The van der Waals surface area contributed by atoms with Crippen LogP contribution in [-0.4, -0.2) is 109 Å². The maximum atomic E-state index is 14.5. The van der Waals surface area contributed by atoms with E-state index in [1.165, 1.54) is 6.08 Å². The van der Waals surface area contributed by atoms with Crippen LogP contribution in [0.4, 0.5) is 20.3 Å². The molecule has 0 aromatic carbocycles. The van der Waals surface area contributed by atoms with Crippen molar-refractivity contribution in [2.24, 2.45) is 0 Å². The molecule has 1 spiro atoms. The number of amides is 1. The Kier molecular flexibility index (Phi) is 7.70. The number of piperazine rings is 1. The van der Waals surface area contributed by atoms with Gasteiger partial charge in [-0.25, -0.2) is 13.8 Å². The summed E-state index contributed by atoms with van der Waals surface area (Å²) in [5.74, 6) is 0.571. The summed E-state index contributed by atoms with van der Waals surface area (Å²) >= 11 is 0. The van der Waals surface area contributed by atoms with Crippen LogP contribution in [0.15, 0.2) is 31.0 Å². The Labute approximate surface area is 256 Å². The zero-order valence-electron chi connectivity index (χ0n) is 25.5. The number of methoxy groups -OCH3 is 1. The summed E-state index contributed by atoms with van der Waals surface area (Å²) in [6.07, 6.45) is 6.67. The predicted molar refractivity (Wildman–Crippen MR) is 163 cm³/mol. The molecule has 5 aliphatic heterocycles. The highest BCUT2D eigenvalue weighted by Gasteiger charge is 2.47. The molecule has 10 nitrogen and oxygen atoms in total. The van der Waals surface area contributed by atoms with Gasteiger partial charge in [-0.2, -0.15) is 5.10 Å². The van der Waals surface area contributed by atoms with Gasteiger partial charge in [-0.05, 0) is 37.8 Å². The number of carbonyl (C=O) groups excluding carboxylic acids is 1. The van der Waals surface area contributed by atoms with Crippen molar-refractivity contribution in [3.05, 3.63) is 53.5 Å². The molecule has 3 fully saturated rings. The fraction of sp³-hybridized carbons (Fsp3) is 0.594. The lowest BCUT2D eigenvalue weighted by Crippen LogP contribution is -2.69. The molecule has 44 heavy (non-hydrogen) atoms. The first-order chi connectivity index (χ1) is 21.3.